The van der Waals surface area contributed by atoms with Crippen LogP contribution in [0.2, 0.25) is 0 Å². The minimum atomic E-state index is -4.24. The second-order valence-electron chi connectivity index (χ2n) is 5.46. The number of halogens is 2. The Hall–Kier alpha value is -1.58. The zero-order chi connectivity index (χ0) is 16.6. The van der Waals surface area contributed by atoms with Gasteiger partial charge in [0.1, 0.15) is 17.7 Å². The highest BCUT2D eigenvalue weighted by molar-refractivity contribution is 7.89. The van der Waals surface area contributed by atoms with Gasteiger partial charge in [-0.25, -0.2) is 17.2 Å². The number of ether oxygens (including phenoxy) is 1. The molecule has 0 spiro atoms. The Kier molecular flexibility index (Phi) is 4.35. The molecule has 2 fully saturated rings. The maximum Gasteiger partial charge on any atom is 0.323 e. The Morgan fingerprint density at radius 3 is 2.22 bits per heavy atom. The van der Waals surface area contributed by atoms with Crippen LogP contribution in [-0.2, 0) is 19.6 Å². The zero-order valence-electron chi connectivity index (χ0n) is 12.2. The van der Waals surface area contributed by atoms with Gasteiger partial charge in [-0.3, -0.25) is 9.69 Å². The highest BCUT2D eigenvalue weighted by atomic mass is 32.2. The fraction of sp³-hybridized carbons (Fsp3) is 0.500. The average Bonchev–Trinajstić information content (AvgIpc) is 2.93. The molecule has 0 bridgehead atoms. The van der Waals surface area contributed by atoms with Gasteiger partial charge in [0.25, 0.3) is 0 Å². The molecule has 0 saturated carbocycles. The largest absolute Gasteiger partial charge is 0.464 e. The molecule has 1 unspecified atom stereocenters. The van der Waals surface area contributed by atoms with E-state index in [-0.39, 0.29) is 25.1 Å². The van der Waals surface area contributed by atoms with Crippen molar-refractivity contribution in [3.05, 3.63) is 29.8 Å². The molecule has 1 aromatic carbocycles. The number of piperazine rings is 1. The molecule has 2 aliphatic rings. The van der Waals surface area contributed by atoms with Crippen molar-refractivity contribution in [2.75, 3.05) is 32.8 Å². The highest BCUT2D eigenvalue weighted by Gasteiger charge is 2.38. The molecule has 1 aromatic rings. The fourth-order valence-electron chi connectivity index (χ4n) is 2.93. The van der Waals surface area contributed by atoms with Crippen LogP contribution in [0.15, 0.2) is 23.1 Å². The van der Waals surface area contributed by atoms with E-state index < -0.39 is 26.6 Å². The van der Waals surface area contributed by atoms with Crippen LogP contribution in [0.5, 0.6) is 0 Å². The summed E-state index contributed by atoms with van der Waals surface area (Å²) in [6.45, 7) is 1.13. The molecule has 0 aliphatic carbocycles. The summed E-state index contributed by atoms with van der Waals surface area (Å²) in [6.07, 6.45) is 0.577. The first-order chi connectivity index (χ1) is 10.9. The van der Waals surface area contributed by atoms with Crippen molar-refractivity contribution >= 4 is 16.0 Å². The smallest absolute Gasteiger partial charge is 0.323 e. The minimum Gasteiger partial charge on any atom is -0.464 e. The van der Waals surface area contributed by atoms with Gasteiger partial charge < -0.3 is 4.74 Å². The van der Waals surface area contributed by atoms with Gasteiger partial charge in [-0.05, 0) is 12.1 Å². The van der Waals surface area contributed by atoms with Gasteiger partial charge in [-0.1, -0.05) is 6.07 Å². The Bertz CT molecular complexity index is 697. The molecule has 0 N–H and O–H groups in total. The number of rotatable bonds is 3. The zero-order valence-corrected chi connectivity index (χ0v) is 13.1. The van der Waals surface area contributed by atoms with Crippen molar-refractivity contribution in [2.24, 2.45) is 0 Å². The van der Waals surface area contributed by atoms with Crippen LogP contribution in [0.25, 0.3) is 0 Å². The summed E-state index contributed by atoms with van der Waals surface area (Å²) in [5.41, 5.74) is 0. The van der Waals surface area contributed by atoms with Crippen molar-refractivity contribution in [1.29, 1.82) is 0 Å². The van der Waals surface area contributed by atoms with Gasteiger partial charge in [-0.15, -0.1) is 0 Å². The maximum atomic E-state index is 13.8. The Morgan fingerprint density at radius 2 is 1.70 bits per heavy atom. The van der Waals surface area contributed by atoms with Crippen LogP contribution < -0.4 is 0 Å². The van der Waals surface area contributed by atoms with Gasteiger partial charge >= 0.3 is 5.97 Å². The van der Waals surface area contributed by atoms with Crippen LogP contribution in [0, 0.1) is 11.6 Å². The molecule has 9 heteroatoms. The molecule has 2 heterocycles. The van der Waals surface area contributed by atoms with Crippen molar-refractivity contribution in [3.63, 3.8) is 0 Å². The second-order valence-corrected chi connectivity index (χ2v) is 7.34. The number of hydrogen-bond acceptors (Lipinski definition) is 5. The molecule has 6 nitrogen and oxygen atoms in total. The van der Waals surface area contributed by atoms with E-state index in [9.17, 15) is 22.0 Å². The molecular weight excluding hydrogens is 330 g/mol. The number of hydrogen-bond donors (Lipinski definition) is 0. The van der Waals surface area contributed by atoms with E-state index in [1.54, 1.807) is 0 Å². The van der Waals surface area contributed by atoms with E-state index in [0.29, 0.717) is 26.1 Å². The predicted octanol–water partition coefficient (Wildman–Crippen LogP) is 0.587. The van der Waals surface area contributed by atoms with Crippen molar-refractivity contribution in [2.45, 2.75) is 17.4 Å². The van der Waals surface area contributed by atoms with E-state index in [2.05, 4.69) is 0 Å². The minimum absolute atomic E-state index is 0.0693. The number of nitrogens with zero attached hydrogens (tertiary/aromatic N) is 2. The Balaban J connectivity index is 1.75. The molecule has 3 rings (SSSR count). The highest BCUT2D eigenvalue weighted by Crippen LogP contribution is 2.24. The summed E-state index contributed by atoms with van der Waals surface area (Å²) in [7, 11) is -4.24. The lowest BCUT2D eigenvalue weighted by atomic mass is 10.2. The lowest BCUT2D eigenvalue weighted by Gasteiger charge is -2.35. The van der Waals surface area contributed by atoms with E-state index in [4.69, 9.17) is 4.74 Å². The topological polar surface area (TPSA) is 66.9 Å². The first kappa shape index (κ1) is 16.3. The maximum absolute atomic E-state index is 13.8. The SMILES string of the molecule is O=C1OCCC1N1CCN(S(=O)(=O)c2c(F)cccc2F)CC1. The molecule has 0 aromatic heterocycles. The van der Waals surface area contributed by atoms with Crippen LogP contribution >= 0.6 is 0 Å². The molecule has 0 amide bonds. The average molecular weight is 346 g/mol. The van der Waals surface area contributed by atoms with Gasteiger partial charge in [0, 0.05) is 32.6 Å². The second kappa shape index (κ2) is 6.14. The van der Waals surface area contributed by atoms with Gasteiger partial charge in [0.2, 0.25) is 10.0 Å². The lowest BCUT2D eigenvalue weighted by molar-refractivity contribution is -0.142. The number of cyclic esters (lactones) is 1. The molecule has 0 radical (unpaired) electrons. The first-order valence-corrected chi connectivity index (χ1v) is 8.70. The first-order valence-electron chi connectivity index (χ1n) is 7.26. The molecular formula is C14H16F2N2O4S. The summed E-state index contributed by atoms with van der Waals surface area (Å²) in [5, 5.41) is 0. The summed E-state index contributed by atoms with van der Waals surface area (Å²) in [6, 6.07) is 2.60. The number of esters is 1. The van der Waals surface area contributed by atoms with Crippen molar-refractivity contribution in [3.8, 4) is 0 Å². The lowest BCUT2D eigenvalue weighted by Crippen LogP contribution is -2.53. The van der Waals surface area contributed by atoms with E-state index in [1.807, 2.05) is 4.90 Å². The van der Waals surface area contributed by atoms with E-state index in [1.165, 1.54) is 0 Å². The van der Waals surface area contributed by atoms with Gasteiger partial charge in [0.15, 0.2) is 4.90 Å². The van der Waals surface area contributed by atoms with Crippen molar-refractivity contribution in [1.82, 2.24) is 9.21 Å². The van der Waals surface area contributed by atoms with Gasteiger partial charge in [0.05, 0.1) is 6.61 Å². The monoisotopic (exact) mass is 346 g/mol. The number of carbonyl (C=O) groups excluding carboxylic acids is 1. The Labute approximate surface area is 132 Å². The van der Waals surface area contributed by atoms with E-state index in [0.717, 1.165) is 22.5 Å². The third-order valence-electron chi connectivity index (χ3n) is 4.14. The van der Waals surface area contributed by atoms with Crippen molar-refractivity contribution < 1.29 is 26.7 Å². The summed E-state index contributed by atoms with van der Waals surface area (Å²) < 4.78 is 58.4. The molecule has 2 aliphatic heterocycles. The Morgan fingerprint density at radius 1 is 1.09 bits per heavy atom. The molecule has 2 saturated heterocycles. The molecule has 1 atom stereocenters. The third-order valence-corrected chi connectivity index (χ3v) is 6.09. The van der Waals surface area contributed by atoms with Crippen LogP contribution in [-0.4, -0.2) is 62.4 Å². The van der Waals surface area contributed by atoms with Crippen LogP contribution in [0.3, 0.4) is 0 Å². The summed E-state index contributed by atoms with van der Waals surface area (Å²) in [4.78, 5) is 12.5. The molecule has 126 valence electrons. The molecule has 23 heavy (non-hydrogen) atoms. The van der Waals surface area contributed by atoms with Gasteiger partial charge in [-0.2, -0.15) is 4.31 Å². The number of carbonyl (C=O) groups is 1. The van der Waals surface area contributed by atoms with E-state index >= 15 is 0 Å². The third kappa shape index (κ3) is 2.96. The summed E-state index contributed by atoms with van der Waals surface area (Å²) >= 11 is 0. The fourth-order valence-corrected chi connectivity index (χ4v) is 4.46. The quantitative estimate of drug-likeness (QED) is 0.750. The predicted molar refractivity (Wildman–Crippen MR) is 76.1 cm³/mol. The normalized spacial score (nSPS) is 23.9. The van der Waals surface area contributed by atoms with Crippen LogP contribution in [0.1, 0.15) is 6.42 Å². The number of benzene rings is 1. The van der Waals surface area contributed by atoms with Crippen LogP contribution in [0.4, 0.5) is 8.78 Å². The number of sulfonamides is 1. The standard InChI is InChI=1S/C14H16F2N2O4S/c15-10-2-1-3-11(16)13(10)23(20,21)18-7-5-17(6-8-18)12-4-9-22-14(12)19/h1-3,12H,4-9H2. The summed E-state index contributed by atoms with van der Waals surface area (Å²) in [5.74, 6) is -2.51.